The lowest BCUT2D eigenvalue weighted by Gasteiger charge is -1.86. The van der Waals surface area contributed by atoms with E-state index in [4.69, 9.17) is 4.74 Å². The quantitative estimate of drug-likeness (QED) is 0.455. The van der Waals surface area contributed by atoms with E-state index in [1.165, 1.54) is 0 Å². The van der Waals surface area contributed by atoms with Gasteiger partial charge in [-0.25, -0.2) is 0 Å². The van der Waals surface area contributed by atoms with E-state index in [1.807, 2.05) is 20.8 Å². The van der Waals surface area contributed by atoms with Gasteiger partial charge in [-0.3, -0.25) is 4.79 Å². The number of hydrogen-bond donors (Lipinski definition) is 0. The Labute approximate surface area is 68.7 Å². The summed E-state index contributed by atoms with van der Waals surface area (Å²) >= 11 is 0. The highest BCUT2D eigenvalue weighted by atomic mass is 16.5. The Bertz CT molecular complexity index is 62.4. The first-order valence-corrected chi connectivity index (χ1v) is 3.96. The van der Waals surface area contributed by atoms with E-state index in [-0.39, 0.29) is 0 Å². The molecule has 0 fully saturated rings. The summed E-state index contributed by atoms with van der Waals surface area (Å²) in [7, 11) is 0. The van der Waals surface area contributed by atoms with E-state index in [9.17, 15) is 4.79 Å². The maximum absolute atomic E-state index is 9.34. The Morgan fingerprint density at radius 3 is 1.82 bits per heavy atom. The Kier molecular flexibility index (Phi) is 19.2. The summed E-state index contributed by atoms with van der Waals surface area (Å²) in [6.07, 6.45) is 0.902. The van der Waals surface area contributed by atoms with Gasteiger partial charge in [0.2, 0.25) is 0 Å². The zero-order valence-corrected chi connectivity index (χ0v) is 7.63. The van der Waals surface area contributed by atoms with E-state index >= 15 is 0 Å². The topological polar surface area (TPSA) is 35.5 Å². The van der Waals surface area contributed by atoms with Gasteiger partial charge in [-0.05, 0) is 20.3 Å². The predicted molar refractivity (Wildman–Crippen MR) is 44.5 cm³/mol. The number of carbonyl (C=O) groups excluding carboxylic acids is 1. The van der Waals surface area contributed by atoms with E-state index in [0.29, 0.717) is 13.1 Å². The first-order valence-electron chi connectivity index (χ1n) is 3.96. The Morgan fingerprint density at radius 2 is 1.73 bits per heavy atom. The minimum absolute atomic E-state index is 0.462. The minimum atomic E-state index is 0.462. The molecule has 0 unspecified atom stereocenters. The largest absolute Gasteiger partial charge is 0.468 e. The molecule has 0 aromatic heterocycles. The van der Waals surface area contributed by atoms with Crippen molar-refractivity contribution in [1.29, 1.82) is 0 Å². The maximum atomic E-state index is 9.34. The third-order valence-corrected chi connectivity index (χ3v) is 0.798. The summed E-state index contributed by atoms with van der Waals surface area (Å²) < 4.78 is 9.14. The van der Waals surface area contributed by atoms with E-state index in [0.717, 1.165) is 19.6 Å². The zero-order chi connectivity index (χ0) is 8.95. The molecule has 0 rings (SSSR count). The molecule has 68 valence electrons. The van der Waals surface area contributed by atoms with Crippen LogP contribution in [0.5, 0.6) is 0 Å². The highest BCUT2D eigenvalue weighted by molar-refractivity contribution is 5.36. The van der Waals surface area contributed by atoms with Gasteiger partial charge in [0.25, 0.3) is 6.47 Å². The molecule has 0 heterocycles. The predicted octanol–water partition coefficient (Wildman–Crippen LogP) is 1.61. The smallest absolute Gasteiger partial charge is 0.293 e. The second-order valence-electron chi connectivity index (χ2n) is 1.75. The van der Waals surface area contributed by atoms with Gasteiger partial charge < -0.3 is 9.47 Å². The third-order valence-electron chi connectivity index (χ3n) is 0.798. The summed E-state index contributed by atoms with van der Waals surface area (Å²) in [6.45, 7) is 8.62. The molecule has 0 bridgehead atoms. The van der Waals surface area contributed by atoms with Crippen molar-refractivity contribution < 1.29 is 14.3 Å². The normalized spacial score (nSPS) is 7.91. The van der Waals surface area contributed by atoms with Crippen molar-refractivity contribution >= 4 is 6.47 Å². The molecule has 0 amide bonds. The van der Waals surface area contributed by atoms with Gasteiger partial charge in [-0.2, -0.15) is 0 Å². The third kappa shape index (κ3) is 26.5. The number of ether oxygens (including phenoxy) is 2. The number of carbonyl (C=O) groups is 1. The lowest BCUT2D eigenvalue weighted by atomic mass is 10.5. The van der Waals surface area contributed by atoms with Crippen LogP contribution in [0, 0.1) is 0 Å². The van der Waals surface area contributed by atoms with Crippen molar-refractivity contribution in [2.24, 2.45) is 0 Å². The van der Waals surface area contributed by atoms with Crippen molar-refractivity contribution in [2.75, 3.05) is 19.8 Å². The summed E-state index contributed by atoms with van der Waals surface area (Å²) in [6, 6.07) is 0. The molecule has 3 nitrogen and oxygen atoms in total. The molecule has 0 radical (unpaired) electrons. The van der Waals surface area contributed by atoms with Gasteiger partial charge >= 0.3 is 0 Å². The second-order valence-corrected chi connectivity index (χ2v) is 1.75. The van der Waals surface area contributed by atoms with Crippen LogP contribution >= 0.6 is 0 Å². The Balaban J connectivity index is 0. The van der Waals surface area contributed by atoms with Gasteiger partial charge in [0.05, 0.1) is 6.61 Å². The molecule has 0 aliphatic heterocycles. The van der Waals surface area contributed by atoms with Crippen molar-refractivity contribution in [1.82, 2.24) is 0 Å². The molecule has 0 saturated carbocycles. The van der Waals surface area contributed by atoms with Crippen LogP contribution in [0.4, 0.5) is 0 Å². The lowest BCUT2D eigenvalue weighted by molar-refractivity contribution is -0.128. The molecule has 3 heteroatoms. The van der Waals surface area contributed by atoms with Gasteiger partial charge in [-0.15, -0.1) is 0 Å². The lowest BCUT2D eigenvalue weighted by Crippen LogP contribution is -1.86. The van der Waals surface area contributed by atoms with E-state index in [2.05, 4.69) is 4.74 Å². The van der Waals surface area contributed by atoms with Crippen LogP contribution in [0.15, 0.2) is 0 Å². The van der Waals surface area contributed by atoms with Crippen molar-refractivity contribution in [3.05, 3.63) is 0 Å². The minimum Gasteiger partial charge on any atom is -0.468 e. The van der Waals surface area contributed by atoms with Crippen molar-refractivity contribution in [2.45, 2.75) is 27.2 Å². The average molecular weight is 162 g/mol. The van der Waals surface area contributed by atoms with Crippen LogP contribution in [0.2, 0.25) is 0 Å². The summed E-state index contributed by atoms with van der Waals surface area (Å²) in [4.78, 5) is 9.34. The maximum Gasteiger partial charge on any atom is 0.293 e. The fourth-order valence-corrected chi connectivity index (χ4v) is 0.370. The molecule has 0 spiro atoms. The summed E-state index contributed by atoms with van der Waals surface area (Å²) in [5.74, 6) is 0. The fraction of sp³-hybridized carbons (Fsp3) is 0.875. The van der Waals surface area contributed by atoms with Crippen LogP contribution in [0.3, 0.4) is 0 Å². The van der Waals surface area contributed by atoms with Gasteiger partial charge in [0, 0.05) is 13.2 Å². The molecule has 0 aromatic carbocycles. The average Bonchev–Trinajstić information content (AvgIpc) is 2.04. The van der Waals surface area contributed by atoms with Gasteiger partial charge in [0.15, 0.2) is 0 Å². The van der Waals surface area contributed by atoms with E-state index < -0.39 is 0 Å². The second kappa shape index (κ2) is 16.2. The molecular formula is C8H18O3. The first-order chi connectivity index (χ1) is 5.33. The standard InChI is InChI=1S/C4H8O2.C4H10O/c1-2-3-6-4-5;1-3-5-4-2/h4H,2-3H2,1H3;3-4H2,1-2H3. The molecule has 0 aliphatic rings. The molecule has 0 aliphatic carbocycles. The Morgan fingerprint density at radius 1 is 1.18 bits per heavy atom. The van der Waals surface area contributed by atoms with Crippen LogP contribution in [-0.2, 0) is 14.3 Å². The van der Waals surface area contributed by atoms with Crippen molar-refractivity contribution in [3.63, 3.8) is 0 Å². The van der Waals surface area contributed by atoms with Crippen molar-refractivity contribution in [3.8, 4) is 0 Å². The number of hydrogen-bond acceptors (Lipinski definition) is 3. The van der Waals surface area contributed by atoms with Gasteiger partial charge in [0.1, 0.15) is 0 Å². The number of rotatable bonds is 5. The van der Waals surface area contributed by atoms with Crippen LogP contribution in [-0.4, -0.2) is 26.3 Å². The SMILES string of the molecule is CCCOC=O.CCOCC. The summed E-state index contributed by atoms with van der Waals surface area (Å²) in [5, 5.41) is 0. The molecule has 0 saturated heterocycles. The van der Waals surface area contributed by atoms with Crippen LogP contribution < -0.4 is 0 Å². The van der Waals surface area contributed by atoms with Crippen LogP contribution in [0.1, 0.15) is 27.2 Å². The fourth-order valence-electron chi connectivity index (χ4n) is 0.370. The molecule has 0 aromatic rings. The monoisotopic (exact) mass is 162 g/mol. The molecule has 0 atom stereocenters. The van der Waals surface area contributed by atoms with Crippen LogP contribution in [0.25, 0.3) is 0 Å². The molecular weight excluding hydrogens is 144 g/mol. The molecule has 11 heavy (non-hydrogen) atoms. The molecule has 0 N–H and O–H groups in total. The first kappa shape index (κ1) is 13.1. The highest BCUT2D eigenvalue weighted by Gasteiger charge is 1.71. The zero-order valence-electron chi connectivity index (χ0n) is 7.63. The van der Waals surface area contributed by atoms with Gasteiger partial charge in [-0.1, -0.05) is 6.92 Å². The van der Waals surface area contributed by atoms with E-state index in [1.54, 1.807) is 0 Å². The highest BCUT2D eigenvalue weighted by Crippen LogP contribution is 1.71. The summed E-state index contributed by atoms with van der Waals surface area (Å²) in [5.41, 5.74) is 0. The Hall–Kier alpha value is -0.570.